The first-order valence-electron chi connectivity index (χ1n) is 13.9. The Hall–Kier alpha value is -3.90. The molecule has 0 heterocycles. The minimum absolute atomic E-state index is 0. The van der Waals surface area contributed by atoms with Gasteiger partial charge in [-0.2, -0.15) is 0 Å². The predicted octanol–water partition coefficient (Wildman–Crippen LogP) is 11.8. The summed E-state index contributed by atoms with van der Waals surface area (Å²) in [7, 11) is 0. The van der Waals surface area contributed by atoms with Crippen LogP contribution in [-0.4, -0.2) is 0 Å². The van der Waals surface area contributed by atoms with Crippen LogP contribution in [0.2, 0.25) is 0 Å². The number of rotatable bonds is 4. The highest BCUT2D eigenvalue weighted by Crippen LogP contribution is 2.31. The van der Waals surface area contributed by atoms with Crippen molar-refractivity contribution in [2.24, 2.45) is 0 Å². The maximum Gasteiger partial charge on any atom is 0.0146 e. The lowest BCUT2D eigenvalue weighted by Crippen LogP contribution is -2.18. The zero-order valence-corrected chi connectivity index (χ0v) is 24.8. The van der Waals surface area contributed by atoms with Crippen LogP contribution in [0.3, 0.4) is 0 Å². The highest BCUT2D eigenvalue weighted by atomic mass is 14.3. The van der Waals surface area contributed by atoms with E-state index >= 15 is 0 Å². The van der Waals surface area contributed by atoms with Gasteiger partial charge in [-0.25, -0.2) is 0 Å². The summed E-state index contributed by atoms with van der Waals surface area (Å²) in [5.41, 5.74) is 12.2. The van der Waals surface area contributed by atoms with Crippen molar-refractivity contribution in [3.8, 4) is 0 Å². The molecule has 5 aromatic carbocycles. The Morgan fingerprint density at radius 2 is 0.634 bits per heavy atom. The maximum absolute atomic E-state index is 2.27. The van der Waals surface area contributed by atoms with Gasteiger partial charge in [0.25, 0.3) is 0 Å². The summed E-state index contributed by atoms with van der Waals surface area (Å²) < 4.78 is 0. The molecule has 0 aromatic heterocycles. The van der Waals surface area contributed by atoms with Crippen LogP contribution in [0.15, 0.2) is 127 Å². The van der Waals surface area contributed by atoms with Gasteiger partial charge >= 0.3 is 0 Å². The lowest BCUT2D eigenvalue weighted by molar-refractivity contribution is 0.640. The van der Waals surface area contributed by atoms with Gasteiger partial charge in [-0.05, 0) is 63.3 Å². The topological polar surface area (TPSA) is 0 Å². The third kappa shape index (κ3) is 11.6. The van der Waals surface area contributed by atoms with Crippen LogP contribution in [-0.2, 0) is 11.8 Å². The highest BCUT2D eigenvalue weighted by molar-refractivity contribution is 5.38. The Kier molecular flexibility index (Phi) is 14.6. The second kappa shape index (κ2) is 17.0. The van der Waals surface area contributed by atoms with Gasteiger partial charge in [0, 0.05) is 5.41 Å². The summed E-state index contributed by atoms with van der Waals surface area (Å²) >= 11 is 0. The van der Waals surface area contributed by atoms with Gasteiger partial charge in [-0.1, -0.05) is 184 Å². The number of benzene rings is 5. The van der Waals surface area contributed by atoms with Crippen LogP contribution in [0.25, 0.3) is 0 Å². The van der Waals surface area contributed by atoms with E-state index in [9.17, 15) is 0 Å². The Morgan fingerprint density at radius 3 is 0.976 bits per heavy atom. The van der Waals surface area contributed by atoms with Crippen LogP contribution in [0.4, 0.5) is 0 Å². The SMILES string of the molecule is C.C.Cc1ccc(C(C)(C)c2ccccc2)cc1.Cc1ccc(C)cc1.Cc1ccc(Cc2ccc(C)cc2)cc1. The zero-order valence-electron chi connectivity index (χ0n) is 24.8. The molecule has 0 amide bonds. The number of hydrogen-bond donors (Lipinski definition) is 0. The van der Waals surface area contributed by atoms with Crippen molar-refractivity contribution in [3.63, 3.8) is 0 Å². The molecular weight excluding hydrogens is 492 g/mol. The molecule has 0 bridgehead atoms. The van der Waals surface area contributed by atoms with Gasteiger partial charge in [0.1, 0.15) is 0 Å². The summed E-state index contributed by atoms with van der Waals surface area (Å²) in [5.74, 6) is 0. The molecule has 0 saturated carbocycles. The lowest BCUT2D eigenvalue weighted by atomic mass is 9.78. The second-order valence-corrected chi connectivity index (χ2v) is 11.2. The molecule has 5 rings (SSSR count). The first kappa shape index (κ1) is 35.1. The molecule has 41 heavy (non-hydrogen) atoms. The first-order chi connectivity index (χ1) is 18.6. The van der Waals surface area contributed by atoms with Crippen molar-refractivity contribution in [2.45, 2.75) is 75.2 Å². The monoisotopic (exact) mass is 544 g/mol. The molecule has 0 atom stereocenters. The summed E-state index contributed by atoms with van der Waals surface area (Å²) in [6, 6.07) is 45.4. The van der Waals surface area contributed by atoms with Gasteiger partial charge in [-0.15, -0.1) is 0 Å². The molecular formula is C41H52. The summed E-state index contributed by atoms with van der Waals surface area (Å²) in [4.78, 5) is 0. The largest absolute Gasteiger partial charge is 0.0776 e. The van der Waals surface area contributed by atoms with Gasteiger partial charge in [-0.3, -0.25) is 0 Å². The average Bonchev–Trinajstić information content (AvgIpc) is 2.94. The third-order valence-electron chi connectivity index (χ3n) is 7.14. The van der Waals surface area contributed by atoms with Crippen molar-refractivity contribution in [2.75, 3.05) is 0 Å². The van der Waals surface area contributed by atoms with E-state index in [1.54, 1.807) is 0 Å². The highest BCUT2D eigenvalue weighted by Gasteiger charge is 2.22. The van der Waals surface area contributed by atoms with Crippen molar-refractivity contribution in [1.29, 1.82) is 0 Å². The minimum Gasteiger partial charge on any atom is -0.0776 e. The molecule has 0 nitrogen and oxygen atoms in total. The van der Waals surface area contributed by atoms with Gasteiger partial charge in [0.15, 0.2) is 0 Å². The molecule has 0 spiro atoms. The van der Waals surface area contributed by atoms with Gasteiger partial charge < -0.3 is 0 Å². The fourth-order valence-electron chi connectivity index (χ4n) is 4.28. The molecule has 0 unspecified atom stereocenters. The van der Waals surface area contributed by atoms with E-state index in [-0.39, 0.29) is 20.3 Å². The van der Waals surface area contributed by atoms with Crippen LogP contribution < -0.4 is 0 Å². The normalized spacial score (nSPS) is 10.0. The van der Waals surface area contributed by atoms with E-state index in [4.69, 9.17) is 0 Å². The molecule has 0 N–H and O–H groups in total. The third-order valence-corrected chi connectivity index (χ3v) is 7.14. The zero-order chi connectivity index (χ0) is 28.3. The molecule has 0 aliphatic carbocycles. The van der Waals surface area contributed by atoms with Crippen LogP contribution in [0.5, 0.6) is 0 Å². The van der Waals surface area contributed by atoms with Crippen LogP contribution in [0.1, 0.15) is 78.8 Å². The van der Waals surface area contributed by atoms with Crippen LogP contribution in [0, 0.1) is 34.6 Å². The molecule has 0 radical (unpaired) electrons. The van der Waals surface area contributed by atoms with E-state index in [1.165, 1.54) is 50.1 Å². The molecule has 216 valence electrons. The molecule has 0 fully saturated rings. The quantitative estimate of drug-likeness (QED) is 0.211. The van der Waals surface area contributed by atoms with Gasteiger partial charge in [0.2, 0.25) is 0 Å². The fourth-order valence-corrected chi connectivity index (χ4v) is 4.28. The second-order valence-electron chi connectivity index (χ2n) is 11.2. The van der Waals surface area contributed by atoms with Crippen molar-refractivity contribution in [1.82, 2.24) is 0 Å². The predicted molar refractivity (Wildman–Crippen MR) is 184 cm³/mol. The van der Waals surface area contributed by atoms with Crippen molar-refractivity contribution < 1.29 is 0 Å². The molecule has 0 saturated heterocycles. The van der Waals surface area contributed by atoms with Crippen molar-refractivity contribution >= 4 is 0 Å². The van der Waals surface area contributed by atoms with Crippen LogP contribution >= 0.6 is 0 Å². The average molecular weight is 545 g/mol. The molecule has 0 heteroatoms. The maximum atomic E-state index is 2.27. The Morgan fingerprint density at radius 1 is 0.366 bits per heavy atom. The summed E-state index contributed by atoms with van der Waals surface area (Å²) in [6.07, 6.45) is 1.03. The lowest BCUT2D eigenvalue weighted by Gasteiger charge is -2.26. The van der Waals surface area contributed by atoms with E-state index in [0.29, 0.717) is 0 Å². The Labute approximate surface area is 252 Å². The van der Waals surface area contributed by atoms with E-state index in [1.807, 2.05) is 0 Å². The van der Waals surface area contributed by atoms with Crippen molar-refractivity contribution in [3.05, 3.63) is 177 Å². The smallest absolute Gasteiger partial charge is 0.0146 e. The number of hydrogen-bond acceptors (Lipinski definition) is 0. The Bertz CT molecular complexity index is 1310. The van der Waals surface area contributed by atoms with E-state index < -0.39 is 0 Å². The molecule has 5 aromatic rings. The summed E-state index contributed by atoms with van der Waals surface area (Å²) in [6.45, 7) is 15.1. The van der Waals surface area contributed by atoms with E-state index in [2.05, 4.69) is 176 Å². The molecule has 0 aliphatic heterocycles. The van der Waals surface area contributed by atoms with E-state index in [0.717, 1.165) is 6.42 Å². The Balaban J connectivity index is 0.000000315. The van der Waals surface area contributed by atoms with Gasteiger partial charge in [0.05, 0.1) is 0 Å². The summed E-state index contributed by atoms with van der Waals surface area (Å²) in [5, 5.41) is 0. The fraction of sp³-hybridized carbons (Fsp3) is 0.268. The first-order valence-corrected chi connectivity index (χ1v) is 13.9. The standard InChI is InChI=1S/C16H18.C15H16.C8H10.2CH4/c1-13-9-11-15(12-10-13)16(2,3)14-7-5-4-6-8-14;1-12-3-7-14(8-4-12)11-15-9-5-13(2)6-10-15;1-7-3-5-8(2)6-4-7;;/h4-12H,1-3H3;3-10H,11H2,1-2H3;3-6H,1-2H3;2*1H4. The minimum atomic E-state index is 0. The molecule has 0 aliphatic rings. The number of aryl methyl sites for hydroxylation is 5.